The first-order valence-corrected chi connectivity index (χ1v) is 14.2. The van der Waals surface area contributed by atoms with Crippen molar-refractivity contribution in [3.05, 3.63) is 59.5 Å². The summed E-state index contributed by atoms with van der Waals surface area (Å²) in [5.74, 6) is 0.367. The van der Waals surface area contributed by atoms with Gasteiger partial charge in [-0.3, -0.25) is 4.79 Å². The SMILES string of the molecule is CCCCOc1c(O)nc(CC2(c3cccc4ccccc34)CCCC2)nc1C(=O)N(CCO)CC1CC1. The number of nitrogens with zero attached hydrogens (tertiary/aromatic N) is 3. The van der Waals surface area contributed by atoms with E-state index in [2.05, 4.69) is 54.4 Å². The van der Waals surface area contributed by atoms with Gasteiger partial charge in [-0.15, -0.1) is 0 Å². The number of carbonyl (C=O) groups excluding carboxylic acids is 1. The number of amides is 1. The molecule has 0 atom stereocenters. The molecule has 0 bridgehead atoms. The summed E-state index contributed by atoms with van der Waals surface area (Å²) < 4.78 is 5.89. The third kappa shape index (κ3) is 5.63. The minimum absolute atomic E-state index is 0.0524. The molecule has 0 radical (unpaired) electrons. The number of aromatic hydroxyl groups is 1. The Morgan fingerprint density at radius 3 is 2.61 bits per heavy atom. The van der Waals surface area contributed by atoms with E-state index < -0.39 is 0 Å². The highest BCUT2D eigenvalue weighted by Crippen LogP contribution is 2.46. The number of carbonyl (C=O) groups is 1. The van der Waals surface area contributed by atoms with Gasteiger partial charge in [0.25, 0.3) is 11.8 Å². The van der Waals surface area contributed by atoms with Gasteiger partial charge in [-0.05, 0) is 54.4 Å². The maximum atomic E-state index is 13.8. The lowest BCUT2D eigenvalue weighted by Crippen LogP contribution is -2.36. The summed E-state index contributed by atoms with van der Waals surface area (Å²) >= 11 is 0. The number of fused-ring (bicyclic) bond motifs is 1. The summed E-state index contributed by atoms with van der Waals surface area (Å²) in [6.45, 7) is 3.10. The van der Waals surface area contributed by atoms with Crippen LogP contribution in [-0.2, 0) is 11.8 Å². The van der Waals surface area contributed by atoms with E-state index in [0.717, 1.165) is 51.4 Å². The van der Waals surface area contributed by atoms with Crippen LogP contribution in [0.2, 0.25) is 0 Å². The van der Waals surface area contributed by atoms with Gasteiger partial charge in [0.1, 0.15) is 5.82 Å². The molecule has 2 fully saturated rings. The summed E-state index contributed by atoms with van der Waals surface area (Å²) in [4.78, 5) is 24.7. The standard InChI is InChI=1S/C31H39N3O4/c1-2-3-19-38-28-27(30(37)34(17-18-35)21-22-13-14-22)32-26(33-29(28)36)20-31(15-6-7-16-31)25-12-8-10-23-9-4-5-11-24(23)25/h4-5,8-12,22,35H,2-3,6-7,13-21H2,1H3,(H,32,33,36). The van der Waals surface area contributed by atoms with E-state index >= 15 is 0 Å². The Hall–Kier alpha value is -3.19. The van der Waals surface area contributed by atoms with Gasteiger partial charge in [0.2, 0.25) is 5.75 Å². The highest BCUT2D eigenvalue weighted by atomic mass is 16.5. The molecule has 0 spiro atoms. The number of hydrogen-bond donors (Lipinski definition) is 2. The second kappa shape index (κ2) is 11.7. The van der Waals surface area contributed by atoms with Gasteiger partial charge in [0.15, 0.2) is 5.69 Å². The Labute approximate surface area is 224 Å². The lowest BCUT2D eigenvalue weighted by Gasteiger charge is -2.31. The molecule has 5 rings (SSSR count). The quantitative estimate of drug-likeness (QED) is 0.312. The molecule has 1 heterocycles. The van der Waals surface area contributed by atoms with Gasteiger partial charge in [-0.1, -0.05) is 68.7 Å². The Kier molecular flexibility index (Phi) is 8.12. The van der Waals surface area contributed by atoms with Crippen molar-refractivity contribution >= 4 is 16.7 Å². The van der Waals surface area contributed by atoms with Crippen molar-refractivity contribution in [2.45, 2.75) is 70.1 Å². The summed E-state index contributed by atoms with van der Waals surface area (Å²) in [5, 5.41) is 23.1. The zero-order chi connectivity index (χ0) is 26.5. The fourth-order valence-corrected chi connectivity index (χ4v) is 5.90. The molecule has 3 aromatic rings. The largest absolute Gasteiger partial charge is 0.491 e. The minimum atomic E-state index is -0.318. The topological polar surface area (TPSA) is 95.8 Å². The number of ether oxygens (including phenoxy) is 1. The monoisotopic (exact) mass is 517 g/mol. The lowest BCUT2D eigenvalue weighted by molar-refractivity contribution is 0.0700. The molecule has 7 nitrogen and oxygen atoms in total. The smallest absolute Gasteiger partial charge is 0.276 e. The summed E-state index contributed by atoms with van der Waals surface area (Å²) in [5.41, 5.74) is 1.21. The van der Waals surface area contributed by atoms with Crippen LogP contribution in [0.15, 0.2) is 42.5 Å². The van der Waals surface area contributed by atoms with Crippen LogP contribution in [0, 0.1) is 5.92 Å². The Morgan fingerprint density at radius 2 is 1.87 bits per heavy atom. The van der Waals surface area contributed by atoms with Crippen molar-refractivity contribution in [2.24, 2.45) is 5.92 Å². The van der Waals surface area contributed by atoms with Gasteiger partial charge in [-0.2, -0.15) is 4.98 Å². The van der Waals surface area contributed by atoms with Crippen LogP contribution in [0.3, 0.4) is 0 Å². The number of hydrogen-bond acceptors (Lipinski definition) is 6. The van der Waals surface area contributed by atoms with Crippen LogP contribution in [0.4, 0.5) is 0 Å². The predicted molar refractivity (Wildman–Crippen MR) is 148 cm³/mol. The average Bonchev–Trinajstić information content (AvgIpc) is 3.63. The first kappa shape index (κ1) is 26.4. The van der Waals surface area contributed by atoms with Crippen LogP contribution in [0.25, 0.3) is 10.8 Å². The second-order valence-corrected chi connectivity index (χ2v) is 11.0. The van der Waals surface area contributed by atoms with E-state index in [1.165, 1.54) is 16.3 Å². The first-order valence-electron chi connectivity index (χ1n) is 14.2. The molecule has 0 unspecified atom stereocenters. The summed E-state index contributed by atoms with van der Waals surface area (Å²) in [6, 6.07) is 14.9. The van der Waals surface area contributed by atoms with Gasteiger partial charge < -0.3 is 19.8 Å². The molecule has 1 aromatic heterocycles. The number of benzene rings is 2. The van der Waals surface area contributed by atoms with E-state index in [9.17, 15) is 15.0 Å². The van der Waals surface area contributed by atoms with Crippen LogP contribution < -0.4 is 4.74 Å². The fraction of sp³-hybridized carbons (Fsp3) is 0.516. The molecule has 1 amide bonds. The molecule has 2 aliphatic rings. The molecule has 2 aliphatic carbocycles. The van der Waals surface area contributed by atoms with Crippen LogP contribution in [0.1, 0.15) is 80.2 Å². The fourth-order valence-electron chi connectivity index (χ4n) is 5.90. The normalized spacial score (nSPS) is 16.6. The van der Waals surface area contributed by atoms with Crippen LogP contribution in [-0.4, -0.2) is 57.3 Å². The maximum absolute atomic E-state index is 13.8. The van der Waals surface area contributed by atoms with E-state index in [4.69, 9.17) is 9.72 Å². The van der Waals surface area contributed by atoms with Gasteiger partial charge >= 0.3 is 0 Å². The Balaban J connectivity index is 1.53. The molecule has 7 heteroatoms. The predicted octanol–water partition coefficient (Wildman–Crippen LogP) is 5.41. The van der Waals surface area contributed by atoms with Crippen LogP contribution >= 0.6 is 0 Å². The Morgan fingerprint density at radius 1 is 1.11 bits per heavy atom. The number of aliphatic hydroxyl groups excluding tert-OH is 1. The third-order valence-corrected chi connectivity index (χ3v) is 8.09. The average molecular weight is 518 g/mol. The molecule has 0 aliphatic heterocycles. The molecule has 202 valence electrons. The maximum Gasteiger partial charge on any atom is 0.276 e. The van der Waals surface area contributed by atoms with Gasteiger partial charge in [0, 0.05) is 24.9 Å². The summed E-state index contributed by atoms with van der Waals surface area (Å²) in [6.07, 6.45) is 8.66. The molecule has 2 aromatic carbocycles. The summed E-state index contributed by atoms with van der Waals surface area (Å²) in [7, 11) is 0. The zero-order valence-electron chi connectivity index (χ0n) is 22.4. The van der Waals surface area contributed by atoms with Gasteiger partial charge in [0.05, 0.1) is 13.2 Å². The van der Waals surface area contributed by atoms with Crippen molar-refractivity contribution in [2.75, 3.05) is 26.3 Å². The van der Waals surface area contributed by atoms with E-state index in [0.29, 0.717) is 31.3 Å². The van der Waals surface area contributed by atoms with Crippen molar-refractivity contribution in [1.82, 2.24) is 14.9 Å². The molecule has 2 N–H and O–H groups in total. The first-order chi connectivity index (χ1) is 18.5. The third-order valence-electron chi connectivity index (χ3n) is 8.09. The van der Waals surface area contributed by atoms with E-state index in [-0.39, 0.29) is 41.8 Å². The van der Waals surface area contributed by atoms with Crippen molar-refractivity contribution in [3.63, 3.8) is 0 Å². The number of aromatic nitrogens is 2. The minimum Gasteiger partial charge on any atom is -0.491 e. The highest BCUT2D eigenvalue weighted by molar-refractivity contribution is 5.95. The second-order valence-electron chi connectivity index (χ2n) is 11.0. The van der Waals surface area contributed by atoms with E-state index in [1.807, 2.05) is 0 Å². The highest BCUT2D eigenvalue weighted by Gasteiger charge is 2.39. The molecular formula is C31H39N3O4. The van der Waals surface area contributed by atoms with Crippen molar-refractivity contribution < 1.29 is 19.7 Å². The zero-order valence-corrected chi connectivity index (χ0v) is 22.4. The number of aliphatic hydroxyl groups is 1. The number of unbranched alkanes of at least 4 members (excludes halogenated alkanes) is 1. The van der Waals surface area contributed by atoms with Crippen molar-refractivity contribution in [3.8, 4) is 11.6 Å². The van der Waals surface area contributed by atoms with E-state index in [1.54, 1.807) is 4.90 Å². The van der Waals surface area contributed by atoms with Gasteiger partial charge in [-0.25, -0.2) is 4.98 Å². The lowest BCUT2D eigenvalue weighted by atomic mass is 9.74. The molecule has 38 heavy (non-hydrogen) atoms. The molecule has 2 saturated carbocycles. The van der Waals surface area contributed by atoms with Crippen molar-refractivity contribution in [1.29, 1.82) is 0 Å². The molecular weight excluding hydrogens is 478 g/mol. The molecule has 0 saturated heterocycles. The van der Waals surface area contributed by atoms with Crippen LogP contribution in [0.5, 0.6) is 11.6 Å². The Bertz CT molecular complexity index is 1260. The number of rotatable bonds is 12.